The molecule has 1 N–H and O–H groups in total. The fourth-order valence-corrected chi connectivity index (χ4v) is 6.44. The quantitative estimate of drug-likeness (QED) is 0.351. The van der Waals surface area contributed by atoms with Crippen molar-refractivity contribution in [1.82, 2.24) is 0 Å². The molecule has 1 aromatic heterocycles. The largest absolute Gasteiger partial charge is 0.479 e. The first kappa shape index (κ1) is 23.0. The maximum atomic E-state index is 11.7. The van der Waals surface area contributed by atoms with E-state index in [1.54, 1.807) is 0 Å². The maximum absolute atomic E-state index is 11.7. The number of anilines is 1. The second kappa shape index (κ2) is 10.6. The van der Waals surface area contributed by atoms with Gasteiger partial charge in [-0.1, -0.05) is 66.7 Å². The van der Waals surface area contributed by atoms with Crippen molar-refractivity contribution in [3.63, 3.8) is 0 Å². The number of hydrogen-bond acceptors (Lipinski definition) is 5. The highest BCUT2D eigenvalue weighted by atomic mass is 32.2. The van der Waals surface area contributed by atoms with Crippen LogP contribution < -0.4 is 4.31 Å². The Morgan fingerprint density at radius 3 is 2.62 bits per heavy atom. The lowest BCUT2D eigenvalue weighted by Crippen LogP contribution is -2.26. The molecular formula is C28H27NO3S2. The summed E-state index contributed by atoms with van der Waals surface area (Å²) in [5.74, 6) is -0.931. The second-order valence-corrected chi connectivity index (χ2v) is 10.5. The highest BCUT2D eigenvalue weighted by molar-refractivity contribution is 8.04. The second-order valence-electron chi connectivity index (χ2n) is 8.59. The van der Waals surface area contributed by atoms with Gasteiger partial charge in [0, 0.05) is 17.9 Å². The van der Waals surface area contributed by atoms with Gasteiger partial charge in [0.2, 0.25) is 0 Å². The summed E-state index contributed by atoms with van der Waals surface area (Å²) in [6.45, 7) is 1.22. The molecule has 0 radical (unpaired) electrons. The van der Waals surface area contributed by atoms with Gasteiger partial charge in [-0.05, 0) is 70.5 Å². The molecule has 5 rings (SSSR count). The Labute approximate surface area is 208 Å². The van der Waals surface area contributed by atoms with E-state index in [4.69, 9.17) is 4.74 Å². The summed E-state index contributed by atoms with van der Waals surface area (Å²) in [5, 5.41) is 13.2. The predicted molar refractivity (Wildman–Crippen MR) is 140 cm³/mol. The molecule has 174 valence electrons. The standard InChI is InChI=1S/C28H27NO3S2/c30-28(31)25(32-19-22-5-2-1-3-6-22)17-21-11-9-20(10-12-21)13-15-29-27-24(14-16-33-27)18-23-7-4-8-26(23)34-29/h1-6,8-12,14,16,25H,7,13,15,17-19H2,(H,30,31). The first-order valence-electron chi connectivity index (χ1n) is 11.5. The van der Waals surface area contributed by atoms with Crippen LogP contribution >= 0.6 is 23.3 Å². The summed E-state index contributed by atoms with van der Waals surface area (Å²) >= 11 is 3.68. The first-order chi connectivity index (χ1) is 16.7. The number of rotatable bonds is 9. The van der Waals surface area contributed by atoms with Crippen molar-refractivity contribution in [3.05, 3.63) is 111 Å². The molecule has 2 aliphatic rings. The van der Waals surface area contributed by atoms with Crippen molar-refractivity contribution in [2.24, 2.45) is 0 Å². The fraction of sp³-hybridized carbons (Fsp3) is 0.250. The number of benzene rings is 2. The van der Waals surface area contributed by atoms with Gasteiger partial charge in [-0.25, -0.2) is 4.79 Å². The van der Waals surface area contributed by atoms with E-state index in [2.05, 4.69) is 40.0 Å². The third-order valence-corrected chi connectivity index (χ3v) is 8.46. The van der Waals surface area contributed by atoms with Crippen LogP contribution in [0.1, 0.15) is 28.7 Å². The van der Waals surface area contributed by atoms with E-state index < -0.39 is 12.1 Å². The van der Waals surface area contributed by atoms with Gasteiger partial charge in [0.15, 0.2) is 6.10 Å². The van der Waals surface area contributed by atoms with Crippen LogP contribution in [0.15, 0.2) is 88.7 Å². The van der Waals surface area contributed by atoms with Gasteiger partial charge in [0.05, 0.1) is 6.61 Å². The molecule has 34 heavy (non-hydrogen) atoms. The van der Waals surface area contributed by atoms with E-state index in [0.717, 1.165) is 36.9 Å². The van der Waals surface area contributed by atoms with Gasteiger partial charge < -0.3 is 14.1 Å². The smallest absolute Gasteiger partial charge is 0.333 e. The molecule has 4 nitrogen and oxygen atoms in total. The Bertz CT molecular complexity index is 1200. The Kier molecular flexibility index (Phi) is 7.19. The van der Waals surface area contributed by atoms with Gasteiger partial charge in [-0.2, -0.15) is 0 Å². The van der Waals surface area contributed by atoms with Gasteiger partial charge in [0.1, 0.15) is 5.00 Å². The van der Waals surface area contributed by atoms with E-state index in [1.807, 2.05) is 65.7 Å². The minimum Gasteiger partial charge on any atom is -0.479 e. The Morgan fingerprint density at radius 1 is 1.03 bits per heavy atom. The lowest BCUT2D eigenvalue weighted by Gasteiger charge is -2.22. The lowest BCUT2D eigenvalue weighted by molar-refractivity contribution is -0.151. The number of carboxylic acids is 1. The molecule has 0 amide bonds. The predicted octanol–water partition coefficient (Wildman–Crippen LogP) is 6.43. The van der Waals surface area contributed by atoms with Crippen molar-refractivity contribution in [2.45, 2.75) is 38.4 Å². The van der Waals surface area contributed by atoms with Gasteiger partial charge in [-0.15, -0.1) is 11.3 Å². The van der Waals surface area contributed by atoms with Crippen molar-refractivity contribution in [2.75, 3.05) is 10.8 Å². The normalized spacial score (nSPS) is 15.7. The van der Waals surface area contributed by atoms with E-state index in [1.165, 1.54) is 26.6 Å². The minimum absolute atomic E-state index is 0.293. The van der Waals surface area contributed by atoms with E-state index in [9.17, 15) is 9.90 Å². The number of carbonyl (C=O) groups is 1. The number of ether oxygens (including phenoxy) is 1. The van der Waals surface area contributed by atoms with Gasteiger partial charge in [0.25, 0.3) is 0 Å². The maximum Gasteiger partial charge on any atom is 0.333 e. The number of hydrogen-bond donors (Lipinski definition) is 1. The van der Waals surface area contributed by atoms with Crippen LogP contribution in [-0.2, 0) is 35.4 Å². The van der Waals surface area contributed by atoms with E-state index >= 15 is 0 Å². The number of fused-ring (bicyclic) bond motifs is 1. The lowest BCUT2D eigenvalue weighted by atomic mass is 10.0. The van der Waals surface area contributed by atoms with E-state index in [0.29, 0.717) is 13.0 Å². The average molecular weight is 490 g/mol. The number of thiophene rings is 1. The van der Waals surface area contributed by atoms with Crippen LogP contribution in [0.2, 0.25) is 0 Å². The minimum atomic E-state index is -0.931. The van der Waals surface area contributed by atoms with Crippen LogP contribution in [0.5, 0.6) is 0 Å². The van der Waals surface area contributed by atoms with Crippen LogP contribution in [0.4, 0.5) is 5.00 Å². The molecule has 6 heteroatoms. The molecule has 0 saturated heterocycles. The number of aliphatic carboxylic acids is 1. The van der Waals surface area contributed by atoms with Crippen LogP contribution in [0.3, 0.4) is 0 Å². The third-order valence-electron chi connectivity index (χ3n) is 6.16. The molecule has 1 aliphatic carbocycles. The van der Waals surface area contributed by atoms with Gasteiger partial charge >= 0.3 is 5.97 Å². The molecule has 1 atom stereocenters. The van der Waals surface area contributed by atoms with Crippen molar-refractivity contribution >= 4 is 34.3 Å². The molecule has 0 saturated carbocycles. The summed E-state index contributed by atoms with van der Waals surface area (Å²) in [6.07, 6.45) is 7.07. The Balaban J connectivity index is 1.19. The monoisotopic (exact) mass is 489 g/mol. The van der Waals surface area contributed by atoms with Crippen LogP contribution in [-0.4, -0.2) is 23.7 Å². The summed E-state index contributed by atoms with van der Waals surface area (Å²) in [6, 6.07) is 20.2. The average Bonchev–Trinajstić information content (AvgIpc) is 3.48. The summed E-state index contributed by atoms with van der Waals surface area (Å²) < 4.78 is 8.14. The third kappa shape index (κ3) is 5.46. The molecule has 2 heterocycles. The molecule has 0 fully saturated rings. The Hall–Kier alpha value is -2.80. The molecule has 3 aromatic rings. The van der Waals surface area contributed by atoms with E-state index in [-0.39, 0.29) is 0 Å². The highest BCUT2D eigenvalue weighted by Crippen LogP contribution is 2.44. The zero-order valence-corrected chi connectivity index (χ0v) is 20.5. The molecule has 1 unspecified atom stereocenters. The van der Waals surface area contributed by atoms with Crippen molar-refractivity contribution in [3.8, 4) is 0 Å². The Morgan fingerprint density at radius 2 is 1.82 bits per heavy atom. The summed E-state index contributed by atoms with van der Waals surface area (Å²) in [5.41, 5.74) is 6.15. The number of nitrogens with zero attached hydrogens (tertiary/aromatic N) is 1. The zero-order valence-electron chi connectivity index (χ0n) is 18.9. The highest BCUT2D eigenvalue weighted by Gasteiger charge is 2.24. The fourth-order valence-electron chi connectivity index (χ4n) is 4.27. The van der Waals surface area contributed by atoms with Gasteiger partial charge in [-0.3, -0.25) is 0 Å². The molecular weight excluding hydrogens is 462 g/mol. The first-order valence-corrected chi connectivity index (χ1v) is 13.2. The number of allylic oxidation sites excluding steroid dienone is 3. The van der Waals surface area contributed by atoms with Crippen LogP contribution in [0, 0.1) is 0 Å². The summed E-state index contributed by atoms with van der Waals surface area (Å²) in [4.78, 5) is 13.1. The topological polar surface area (TPSA) is 49.8 Å². The molecule has 1 aliphatic heterocycles. The van der Waals surface area contributed by atoms with Crippen molar-refractivity contribution in [1.29, 1.82) is 0 Å². The molecule has 0 bridgehead atoms. The number of carboxylic acid groups (broad SMARTS) is 1. The summed E-state index contributed by atoms with van der Waals surface area (Å²) in [7, 11) is 0. The van der Waals surface area contributed by atoms with Crippen molar-refractivity contribution < 1.29 is 14.6 Å². The molecule has 2 aromatic carbocycles. The zero-order chi connectivity index (χ0) is 23.3. The van der Waals surface area contributed by atoms with Crippen LogP contribution in [0.25, 0.3) is 0 Å². The SMILES string of the molecule is O=C(O)C(Cc1ccc(CCN2SC3=C(CC=C3)Cc3ccsc32)cc1)OCc1ccccc1. The molecule has 0 spiro atoms.